The first-order valence-corrected chi connectivity index (χ1v) is 9.68. The van der Waals surface area contributed by atoms with Crippen LogP contribution in [0.3, 0.4) is 0 Å². The maximum absolute atomic E-state index is 13.5. The van der Waals surface area contributed by atoms with Gasteiger partial charge in [0, 0.05) is 6.42 Å². The van der Waals surface area contributed by atoms with Gasteiger partial charge in [0.15, 0.2) is 11.6 Å². The van der Waals surface area contributed by atoms with E-state index in [-0.39, 0.29) is 41.4 Å². The van der Waals surface area contributed by atoms with E-state index in [4.69, 9.17) is 0 Å². The predicted octanol–water partition coefficient (Wildman–Crippen LogP) is 4.56. The number of phenolic OH excluding ortho intramolecular Hbond substituents is 2. The summed E-state index contributed by atoms with van der Waals surface area (Å²) in [6.45, 7) is 9.73. The van der Waals surface area contributed by atoms with Crippen LogP contribution in [-0.4, -0.2) is 33.0 Å². The molecular weight excluding hydrogens is 356 g/mol. The Hall–Kier alpha value is -2.40. The van der Waals surface area contributed by atoms with Gasteiger partial charge in [0.05, 0.1) is 22.6 Å². The van der Waals surface area contributed by atoms with Crippen LogP contribution < -0.4 is 0 Å². The second-order valence-electron chi connectivity index (χ2n) is 8.05. The number of aliphatic hydroxyl groups is 1. The lowest BCUT2D eigenvalue weighted by molar-refractivity contribution is 0.0364. The minimum Gasteiger partial charge on any atom is -0.507 e. The Balaban J connectivity index is 2.72. The molecule has 0 saturated carbocycles. The fraction of sp³-hybridized carbons (Fsp3) is 0.478. The van der Waals surface area contributed by atoms with E-state index in [9.17, 15) is 24.9 Å². The van der Waals surface area contributed by atoms with E-state index >= 15 is 0 Å². The zero-order chi connectivity index (χ0) is 21.2. The van der Waals surface area contributed by atoms with E-state index in [1.807, 2.05) is 40.7 Å². The molecule has 152 valence electrons. The van der Waals surface area contributed by atoms with Crippen molar-refractivity contribution in [1.29, 1.82) is 0 Å². The number of hydrogen-bond donors (Lipinski definition) is 3. The van der Waals surface area contributed by atoms with Crippen molar-refractivity contribution in [1.82, 2.24) is 0 Å². The van der Waals surface area contributed by atoms with Gasteiger partial charge < -0.3 is 15.3 Å². The Labute approximate surface area is 166 Å². The summed E-state index contributed by atoms with van der Waals surface area (Å²) in [5.74, 6) is -1.52. The summed E-state index contributed by atoms with van der Waals surface area (Å²) >= 11 is 0. The number of carbonyl (C=O) groups is 2. The van der Waals surface area contributed by atoms with Crippen molar-refractivity contribution in [2.24, 2.45) is 11.3 Å². The van der Waals surface area contributed by atoms with Crippen molar-refractivity contribution >= 4 is 11.6 Å². The average molecular weight is 386 g/mol. The molecule has 2 unspecified atom stereocenters. The highest BCUT2D eigenvalue weighted by Crippen LogP contribution is 2.46. The molecule has 1 aliphatic rings. The Kier molecular flexibility index (Phi) is 6.50. The van der Waals surface area contributed by atoms with Crippen LogP contribution >= 0.6 is 0 Å². The molecule has 0 spiro atoms. The smallest absolute Gasteiger partial charge is 0.180 e. The van der Waals surface area contributed by atoms with Gasteiger partial charge >= 0.3 is 0 Å². The monoisotopic (exact) mass is 386 g/mol. The molecule has 0 heterocycles. The number of aliphatic hydroxyl groups excluding tert-OH is 1. The summed E-state index contributed by atoms with van der Waals surface area (Å²) in [6.07, 6.45) is 3.22. The molecule has 28 heavy (non-hydrogen) atoms. The normalized spacial score (nSPS) is 21.9. The van der Waals surface area contributed by atoms with Crippen LogP contribution in [0.25, 0.3) is 0 Å². The molecule has 0 aliphatic heterocycles. The summed E-state index contributed by atoms with van der Waals surface area (Å²) in [7, 11) is 0. The van der Waals surface area contributed by atoms with Gasteiger partial charge in [0.1, 0.15) is 11.5 Å². The predicted molar refractivity (Wildman–Crippen MR) is 109 cm³/mol. The molecular formula is C23H30O5. The lowest BCUT2D eigenvalue weighted by atomic mass is 9.64. The van der Waals surface area contributed by atoms with Crippen molar-refractivity contribution < 1.29 is 24.9 Å². The number of ketones is 2. The number of phenols is 2. The molecule has 1 aliphatic carbocycles. The molecule has 0 saturated heterocycles. The van der Waals surface area contributed by atoms with Crippen molar-refractivity contribution in [3.63, 3.8) is 0 Å². The highest BCUT2D eigenvalue weighted by atomic mass is 16.3. The van der Waals surface area contributed by atoms with E-state index in [1.165, 1.54) is 12.1 Å². The van der Waals surface area contributed by atoms with E-state index in [0.717, 1.165) is 17.6 Å². The molecule has 3 N–H and O–H groups in total. The lowest BCUT2D eigenvalue weighted by Gasteiger charge is -2.38. The van der Waals surface area contributed by atoms with Gasteiger partial charge in [-0.05, 0) is 51.7 Å². The Morgan fingerprint density at radius 3 is 2.25 bits per heavy atom. The van der Waals surface area contributed by atoms with E-state index in [1.54, 1.807) is 6.08 Å². The zero-order valence-corrected chi connectivity index (χ0v) is 17.2. The minimum absolute atomic E-state index is 0.162. The van der Waals surface area contributed by atoms with Gasteiger partial charge in [-0.3, -0.25) is 9.59 Å². The number of Topliss-reactive ketones (excluding diaryl/α,β-unsaturated/α-hetero) is 2. The number of carbonyl (C=O) groups excluding carboxylic acids is 2. The molecule has 0 aromatic heterocycles. The van der Waals surface area contributed by atoms with Crippen LogP contribution in [-0.2, 0) is 0 Å². The molecule has 1 aromatic carbocycles. The average Bonchev–Trinajstić information content (AvgIpc) is 2.64. The van der Waals surface area contributed by atoms with E-state index in [0.29, 0.717) is 0 Å². The summed E-state index contributed by atoms with van der Waals surface area (Å²) in [4.78, 5) is 26.4. The topological polar surface area (TPSA) is 94.8 Å². The third-order valence-corrected chi connectivity index (χ3v) is 5.76. The van der Waals surface area contributed by atoms with E-state index in [2.05, 4.69) is 0 Å². The highest BCUT2D eigenvalue weighted by molar-refractivity contribution is 6.20. The van der Waals surface area contributed by atoms with Crippen molar-refractivity contribution in [3.8, 4) is 11.5 Å². The highest BCUT2D eigenvalue weighted by Gasteiger charge is 2.51. The Bertz CT molecular complexity index is 845. The van der Waals surface area contributed by atoms with Crippen LogP contribution in [0.2, 0.25) is 0 Å². The van der Waals surface area contributed by atoms with Crippen molar-refractivity contribution in [2.75, 3.05) is 0 Å². The summed E-state index contributed by atoms with van der Waals surface area (Å²) in [5, 5.41) is 31.4. The van der Waals surface area contributed by atoms with Gasteiger partial charge in [-0.25, -0.2) is 0 Å². The first kappa shape index (κ1) is 21.9. The molecule has 1 aromatic rings. The number of rotatable bonds is 6. The van der Waals surface area contributed by atoms with Gasteiger partial charge in [0.2, 0.25) is 0 Å². The van der Waals surface area contributed by atoms with Crippen LogP contribution in [0, 0.1) is 11.3 Å². The molecule has 0 bridgehead atoms. The van der Waals surface area contributed by atoms with Gasteiger partial charge in [0.25, 0.3) is 0 Å². The molecule has 0 fully saturated rings. The van der Waals surface area contributed by atoms with Gasteiger partial charge in [-0.1, -0.05) is 37.1 Å². The number of aromatic hydroxyl groups is 2. The molecule has 5 nitrogen and oxygen atoms in total. The largest absolute Gasteiger partial charge is 0.507 e. The van der Waals surface area contributed by atoms with Crippen LogP contribution in [0.5, 0.6) is 11.5 Å². The quantitative estimate of drug-likeness (QED) is 0.492. The lowest BCUT2D eigenvalue weighted by Crippen LogP contribution is -2.46. The summed E-state index contributed by atoms with van der Waals surface area (Å²) in [5.41, 5.74) is 0.0510. The summed E-state index contributed by atoms with van der Waals surface area (Å²) < 4.78 is 0. The third-order valence-electron chi connectivity index (χ3n) is 5.76. The number of allylic oxidation sites excluding steroid dienone is 2. The Morgan fingerprint density at radius 2 is 1.71 bits per heavy atom. The second-order valence-corrected chi connectivity index (χ2v) is 8.05. The number of fused-ring (bicyclic) bond motifs is 1. The second kappa shape index (κ2) is 8.31. The zero-order valence-electron chi connectivity index (χ0n) is 17.2. The maximum Gasteiger partial charge on any atom is 0.180 e. The molecule has 2 rings (SSSR count). The third kappa shape index (κ3) is 3.90. The number of hydrogen-bond acceptors (Lipinski definition) is 5. The molecule has 0 amide bonds. The summed E-state index contributed by atoms with van der Waals surface area (Å²) in [6, 6.07) is 2.40. The van der Waals surface area contributed by atoms with Crippen LogP contribution in [0.4, 0.5) is 0 Å². The van der Waals surface area contributed by atoms with Crippen molar-refractivity contribution in [2.45, 2.75) is 60.0 Å². The first-order chi connectivity index (χ1) is 13.0. The van der Waals surface area contributed by atoms with Crippen molar-refractivity contribution in [3.05, 3.63) is 46.6 Å². The molecule has 3 atom stereocenters. The fourth-order valence-electron chi connectivity index (χ4n) is 3.67. The van der Waals surface area contributed by atoms with Crippen LogP contribution in [0.1, 0.15) is 74.6 Å². The minimum atomic E-state index is -1.48. The Morgan fingerprint density at radius 1 is 1.14 bits per heavy atom. The SMILES string of the molecule is CCC(C)/C(C)=C/C1([C@H](O)CC=C(C)C)CC(=O)c2c(O)ccc(O)c2C1=O. The fourth-order valence-corrected chi connectivity index (χ4v) is 3.67. The molecule has 0 radical (unpaired) electrons. The molecule has 5 heteroatoms. The van der Waals surface area contributed by atoms with Crippen LogP contribution in [0.15, 0.2) is 35.4 Å². The number of benzene rings is 1. The van der Waals surface area contributed by atoms with Gasteiger partial charge in [-0.15, -0.1) is 0 Å². The van der Waals surface area contributed by atoms with Gasteiger partial charge in [-0.2, -0.15) is 0 Å². The van der Waals surface area contributed by atoms with E-state index < -0.39 is 23.1 Å². The standard InChI is InChI=1S/C23H30O5/c1-6-14(4)15(5)11-23(19(27)10-7-13(2)3)12-18(26)20-16(24)8-9-17(25)21(20)22(23)28/h7-9,11,14,19,24-25,27H,6,10,12H2,1-5H3/b15-11+/t14?,19-,23?/m1/s1. The first-order valence-electron chi connectivity index (χ1n) is 9.68. The maximum atomic E-state index is 13.5.